The van der Waals surface area contributed by atoms with E-state index in [0.717, 1.165) is 5.92 Å². The van der Waals surface area contributed by atoms with Crippen molar-refractivity contribution in [3.63, 3.8) is 0 Å². The third-order valence-corrected chi connectivity index (χ3v) is 15.6. The van der Waals surface area contributed by atoms with Gasteiger partial charge in [0.15, 0.2) is 0 Å². The zero-order valence-corrected chi connectivity index (χ0v) is 34.5. The fourth-order valence-corrected chi connectivity index (χ4v) is 13.2. The first-order valence-electron chi connectivity index (χ1n) is 22.5. The highest BCUT2D eigenvalue weighted by Gasteiger charge is 2.56. The number of rotatable bonds is 7. The minimum absolute atomic E-state index is 0.0149. The Kier molecular flexibility index (Phi) is 8.55. The van der Waals surface area contributed by atoms with Crippen molar-refractivity contribution in [1.82, 2.24) is 0 Å². The van der Waals surface area contributed by atoms with Crippen LogP contribution in [0.5, 0.6) is 0 Å². The van der Waals surface area contributed by atoms with Gasteiger partial charge in [-0.2, -0.15) is 0 Å². The Balaban J connectivity index is 1.17. The summed E-state index contributed by atoms with van der Waals surface area (Å²) in [5.41, 5.74) is 18.4. The predicted octanol–water partition coefficient (Wildman–Crippen LogP) is 16.0. The standard InChI is InChI=1S/C57H55N/c1-4-38-34-41(5-2)57(42(6-3)35-38)51-27-12-10-24-49(51)55-52(57)28-17-29-54(55)58(43-21-15-20-40(36-43)46-25-16-19-39-18-7-8-22-45(39)46)44-30-31-48-47-23-9-11-26-50(47)56(53(48)37-44)32-13-14-33-56/h7-12,15-31,36-38,41-42H,4-6,13-14,32-35H2,1-3H3. The average molecular weight is 754 g/mol. The Bertz CT molecular complexity index is 2670. The molecule has 0 aromatic heterocycles. The molecule has 2 atom stereocenters. The second-order valence-electron chi connectivity index (χ2n) is 18.0. The van der Waals surface area contributed by atoms with Gasteiger partial charge < -0.3 is 4.90 Å². The molecule has 0 saturated heterocycles. The maximum atomic E-state index is 2.65. The summed E-state index contributed by atoms with van der Waals surface area (Å²) in [4.78, 5) is 2.65. The molecular weight excluding hydrogens is 699 g/mol. The SMILES string of the molecule is CCC1CC(CC)C2(c3ccccc3-c3c(N(c4cccc(-c5cccc6ccccc56)c4)c4ccc5c(c4)C4(CCCC4)c4ccccc4-5)cccc32)C(CC)C1. The van der Waals surface area contributed by atoms with Crippen molar-refractivity contribution < 1.29 is 0 Å². The lowest BCUT2D eigenvalue weighted by molar-refractivity contribution is 0.0905. The third-order valence-electron chi connectivity index (χ3n) is 15.6. The minimum Gasteiger partial charge on any atom is -0.310 e. The molecule has 2 saturated carbocycles. The van der Waals surface area contributed by atoms with E-state index in [4.69, 9.17) is 0 Å². The minimum atomic E-state index is 0.0149. The lowest BCUT2D eigenvalue weighted by Gasteiger charge is -2.51. The van der Waals surface area contributed by atoms with Gasteiger partial charge in [-0.15, -0.1) is 0 Å². The summed E-state index contributed by atoms with van der Waals surface area (Å²) in [7, 11) is 0. The Morgan fingerprint density at radius 1 is 0.500 bits per heavy atom. The van der Waals surface area contributed by atoms with Crippen LogP contribution in [-0.2, 0) is 10.8 Å². The highest BCUT2D eigenvalue weighted by Crippen LogP contribution is 2.65. The molecule has 0 amide bonds. The van der Waals surface area contributed by atoms with Crippen LogP contribution >= 0.6 is 0 Å². The molecule has 7 aromatic rings. The number of fused-ring (bicyclic) bond motifs is 11. The summed E-state index contributed by atoms with van der Waals surface area (Å²) >= 11 is 0. The summed E-state index contributed by atoms with van der Waals surface area (Å²) in [6, 6.07) is 58.7. The molecule has 0 aliphatic heterocycles. The van der Waals surface area contributed by atoms with Crippen LogP contribution in [0.3, 0.4) is 0 Å². The van der Waals surface area contributed by atoms with Crippen molar-refractivity contribution in [2.45, 2.75) is 89.4 Å². The Morgan fingerprint density at radius 3 is 1.91 bits per heavy atom. The largest absolute Gasteiger partial charge is 0.310 e. The van der Waals surface area contributed by atoms with E-state index in [1.165, 1.54) is 125 Å². The zero-order chi connectivity index (χ0) is 39.0. The average Bonchev–Trinajstić information content (AvgIpc) is 3.97. The van der Waals surface area contributed by atoms with Crippen LogP contribution in [0.25, 0.3) is 44.2 Å². The van der Waals surface area contributed by atoms with Gasteiger partial charge in [0.25, 0.3) is 0 Å². The van der Waals surface area contributed by atoms with E-state index in [0.29, 0.717) is 11.8 Å². The summed E-state index contributed by atoms with van der Waals surface area (Å²) in [5, 5.41) is 2.57. The van der Waals surface area contributed by atoms with Crippen LogP contribution in [0.4, 0.5) is 17.1 Å². The van der Waals surface area contributed by atoms with E-state index >= 15 is 0 Å². The van der Waals surface area contributed by atoms with E-state index in [-0.39, 0.29) is 10.8 Å². The lowest BCUT2D eigenvalue weighted by atomic mass is 9.52. The lowest BCUT2D eigenvalue weighted by Crippen LogP contribution is -2.47. The van der Waals surface area contributed by atoms with E-state index in [9.17, 15) is 0 Å². The predicted molar refractivity (Wildman–Crippen MR) is 246 cm³/mol. The number of anilines is 3. The maximum Gasteiger partial charge on any atom is 0.0543 e. The second kappa shape index (κ2) is 13.9. The summed E-state index contributed by atoms with van der Waals surface area (Å²) < 4.78 is 0. The molecule has 2 spiro atoms. The summed E-state index contributed by atoms with van der Waals surface area (Å²) in [5.74, 6) is 2.02. The molecule has 58 heavy (non-hydrogen) atoms. The Morgan fingerprint density at radius 2 is 1.12 bits per heavy atom. The number of hydrogen-bond donors (Lipinski definition) is 0. The van der Waals surface area contributed by atoms with Crippen molar-refractivity contribution in [2.75, 3.05) is 4.90 Å². The Labute approximate surface area is 345 Å². The van der Waals surface area contributed by atoms with Crippen LogP contribution < -0.4 is 4.90 Å². The highest BCUT2D eigenvalue weighted by molar-refractivity contribution is 5.99. The fourth-order valence-electron chi connectivity index (χ4n) is 13.2. The van der Waals surface area contributed by atoms with Gasteiger partial charge in [-0.3, -0.25) is 0 Å². The van der Waals surface area contributed by atoms with Gasteiger partial charge in [0.05, 0.1) is 5.69 Å². The maximum absolute atomic E-state index is 2.65. The first-order valence-corrected chi connectivity index (χ1v) is 22.5. The molecule has 0 bridgehead atoms. The first kappa shape index (κ1) is 35.7. The normalized spacial score (nSPS) is 22.2. The van der Waals surface area contributed by atoms with Crippen molar-refractivity contribution in [3.8, 4) is 33.4 Å². The van der Waals surface area contributed by atoms with E-state index < -0.39 is 0 Å². The van der Waals surface area contributed by atoms with E-state index in [1.807, 2.05) is 0 Å². The second-order valence-corrected chi connectivity index (χ2v) is 18.0. The monoisotopic (exact) mass is 753 g/mol. The molecule has 2 fully saturated rings. The number of nitrogens with zero attached hydrogens (tertiary/aromatic N) is 1. The fraction of sp³-hybridized carbons (Fsp3) is 0.298. The molecule has 0 radical (unpaired) electrons. The number of benzene rings is 7. The van der Waals surface area contributed by atoms with Gasteiger partial charge in [0.1, 0.15) is 0 Å². The highest BCUT2D eigenvalue weighted by atomic mass is 15.1. The molecule has 1 nitrogen and oxygen atoms in total. The van der Waals surface area contributed by atoms with Crippen LogP contribution in [0, 0.1) is 17.8 Å². The van der Waals surface area contributed by atoms with Gasteiger partial charge in [-0.05, 0) is 135 Å². The molecule has 2 unspecified atom stereocenters. The van der Waals surface area contributed by atoms with E-state index in [2.05, 4.69) is 177 Å². The van der Waals surface area contributed by atoms with Gasteiger partial charge in [0, 0.05) is 27.8 Å². The summed E-state index contributed by atoms with van der Waals surface area (Å²) in [6.45, 7) is 7.36. The summed E-state index contributed by atoms with van der Waals surface area (Å²) in [6.07, 6.45) is 11.3. The molecule has 0 heterocycles. The quantitative estimate of drug-likeness (QED) is 0.157. The smallest absolute Gasteiger partial charge is 0.0543 e. The molecule has 4 aliphatic carbocycles. The third kappa shape index (κ3) is 5.01. The van der Waals surface area contributed by atoms with E-state index in [1.54, 1.807) is 16.7 Å². The molecule has 0 N–H and O–H groups in total. The van der Waals surface area contributed by atoms with Gasteiger partial charge in [-0.25, -0.2) is 0 Å². The topological polar surface area (TPSA) is 3.24 Å². The van der Waals surface area contributed by atoms with Gasteiger partial charge >= 0.3 is 0 Å². The van der Waals surface area contributed by atoms with Gasteiger partial charge in [-0.1, -0.05) is 174 Å². The number of hydrogen-bond acceptors (Lipinski definition) is 1. The molecule has 1 heteroatoms. The molecule has 7 aromatic carbocycles. The molecule has 4 aliphatic rings. The van der Waals surface area contributed by atoms with Crippen molar-refractivity contribution in [3.05, 3.63) is 174 Å². The first-order chi connectivity index (χ1) is 28.6. The van der Waals surface area contributed by atoms with Crippen LogP contribution in [0.2, 0.25) is 0 Å². The van der Waals surface area contributed by atoms with Crippen LogP contribution in [0.15, 0.2) is 152 Å². The zero-order valence-electron chi connectivity index (χ0n) is 34.5. The van der Waals surface area contributed by atoms with Crippen molar-refractivity contribution in [2.24, 2.45) is 17.8 Å². The van der Waals surface area contributed by atoms with Crippen LogP contribution in [0.1, 0.15) is 101 Å². The van der Waals surface area contributed by atoms with Crippen molar-refractivity contribution in [1.29, 1.82) is 0 Å². The van der Waals surface area contributed by atoms with Crippen LogP contribution in [-0.4, -0.2) is 0 Å². The molecule has 288 valence electrons. The van der Waals surface area contributed by atoms with Crippen molar-refractivity contribution >= 4 is 27.8 Å². The Hall–Kier alpha value is -5.40. The van der Waals surface area contributed by atoms with Gasteiger partial charge in [0.2, 0.25) is 0 Å². The molecule has 11 rings (SSSR count). The molecular formula is C57H55N.